The van der Waals surface area contributed by atoms with E-state index in [0.717, 1.165) is 21.3 Å². The van der Waals surface area contributed by atoms with Crippen LogP contribution in [0.2, 0.25) is 5.02 Å². The summed E-state index contributed by atoms with van der Waals surface area (Å²) in [5.41, 5.74) is 5.30. The lowest BCUT2D eigenvalue weighted by atomic mass is 10.1. The SMILES string of the molecule is COc1cc(C=Nc2cccc(C)c2C)cc(Br)c1OCc1ccc(Cl)cc1. The van der Waals surface area contributed by atoms with Crippen LogP contribution in [0.3, 0.4) is 0 Å². The van der Waals surface area contributed by atoms with Gasteiger partial charge in [0.1, 0.15) is 6.61 Å². The predicted molar refractivity (Wildman–Crippen MR) is 120 cm³/mol. The number of nitrogens with zero attached hydrogens (tertiary/aromatic N) is 1. The van der Waals surface area contributed by atoms with E-state index in [2.05, 4.69) is 40.8 Å². The van der Waals surface area contributed by atoms with Gasteiger partial charge < -0.3 is 9.47 Å². The third kappa shape index (κ3) is 4.94. The molecule has 0 bridgehead atoms. The van der Waals surface area contributed by atoms with Crippen molar-refractivity contribution < 1.29 is 9.47 Å². The second-order valence-corrected chi connectivity index (χ2v) is 7.72. The Balaban J connectivity index is 1.81. The quantitative estimate of drug-likeness (QED) is 0.370. The summed E-state index contributed by atoms with van der Waals surface area (Å²) in [6.07, 6.45) is 1.83. The Morgan fingerprint density at radius 1 is 1.07 bits per heavy atom. The van der Waals surface area contributed by atoms with E-state index in [0.29, 0.717) is 23.1 Å². The predicted octanol–water partition coefficient (Wildman–Crippen LogP) is 7.06. The van der Waals surface area contributed by atoms with Crippen molar-refractivity contribution in [2.24, 2.45) is 4.99 Å². The molecule has 0 aliphatic rings. The van der Waals surface area contributed by atoms with Crippen molar-refractivity contribution in [3.63, 3.8) is 0 Å². The number of halogens is 2. The van der Waals surface area contributed by atoms with Crippen LogP contribution in [-0.2, 0) is 6.61 Å². The van der Waals surface area contributed by atoms with Crippen molar-refractivity contribution in [3.8, 4) is 11.5 Å². The molecule has 3 rings (SSSR count). The lowest BCUT2D eigenvalue weighted by Crippen LogP contribution is -1.99. The van der Waals surface area contributed by atoms with Crippen LogP contribution in [-0.4, -0.2) is 13.3 Å². The van der Waals surface area contributed by atoms with Gasteiger partial charge in [0.2, 0.25) is 0 Å². The van der Waals surface area contributed by atoms with Gasteiger partial charge in [-0.25, -0.2) is 0 Å². The Morgan fingerprint density at radius 2 is 1.82 bits per heavy atom. The average Bonchev–Trinajstić information content (AvgIpc) is 2.69. The number of methoxy groups -OCH3 is 1. The average molecular weight is 459 g/mol. The van der Waals surface area contributed by atoms with Gasteiger partial charge >= 0.3 is 0 Å². The lowest BCUT2D eigenvalue weighted by molar-refractivity contribution is 0.282. The van der Waals surface area contributed by atoms with Gasteiger partial charge in [-0.05, 0) is 82.4 Å². The first kappa shape index (κ1) is 20.4. The van der Waals surface area contributed by atoms with Gasteiger partial charge in [-0.15, -0.1) is 0 Å². The fourth-order valence-corrected chi connectivity index (χ4v) is 3.41. The number of aliphatic imine (C=N–C) groups is 1. The van der Waals surface area contributed by atoms with Crippen molar-refractivity contribution >= 4 is 39.4 Å². The van der Waals surface area contributed by atoms with E-state index in [9.17, 15) is 0 Å². The van der Waals surface area contributed by atoms with Gasteiger partial charge in [-0.3, -0.25) is 4.99 Å². The molecule has 0 saturated heterocycles. The van der Waals surface area contributed by atoms with E-state index in [1.165, 1.54) is 11.1 Å². The van der Waals surface area contributed by atoms with Crippen molar-refractivity contribution in [1.29, 1.82) is 0 Å². The van der Waals surface area contributed by atoms with E-state index in [4.69, 9.17) is 21.1 Å². The first-order chi connectivity index (χ1) is 13.5. The highest BCUT2D eigenvalue weighted by atomic mass is 79.9. The third-order valence-corrected chi connectivity index (χ3v) is 5.32. The highest BCUT2D eigenvalue weighted by Crippen LogP contribution is 2.37. The molecule has 5 heteroatoms. The molecule has 0 aliphatic heterocycles. The largest absolute Gasteiger partial charge is 0.493 e. The van der Waals surface area contributed by atoms with Gasteiger partial charge in [0, 0.05) is 11.2 Å². The molecule has 3 aromatic rings. The summed E-state index contributed by atoms with van der Waals surface area (Å²) < 4.78 is 12.3. The molecule has 3 aromatic carbocycles. The topological polar surface area (TPSA) is 30.8 Å². The number of benzene rings is 3. The minimum atomic E-state index is 0.419. The smallest absolute Gasteiger partial charge is 0.175 e. The fraction of sp³-hybridized carbons (Fsp3) is 0.174. The van der Waals surface area contributed by atoms with Crippen LogP contribution >= 0.6 is 27.5 Å². The number of rotatable bonds is 6. The molecule has 0 aliphatic carbocycles. The first-order valence-corrected chi connectivity index (χ1v) is 10.00. The molecule has 28 heavy (non-hydrogen) atoms. The van der Waals surface area contributed by atoms with E-state index in [-0.39, 0.29) is 0 Å². The van der Waals surface area contributed by atoms with Gasteiger partial charge in [0.25, 0.3) is 0 Å². The Hall–Kier alpha value is -2.30. The van der Waals surface area contributed by atoms with Crippen molar-refractivity contribution in [3.05, 3.63) is 86.3 Å². The second kappa shape index (κ2) is 9.26. The maximum Gasteiger partial charge on any atom is 0.175 e. The molecular formula is C23H21BrClNO2. The van der Waals surface area contributed by atoms with Crippen LogP contribution < -0.4 is 9.47 Å². The third-order valence-electron chi connectivity index (χ3n) is 4.48. The van der Waals surface area contributed by atoms with Crippen molar-refractivity contribution in [2.75, 3.05) is 7.11 Å². The Morgan fingerprint density at radius 3 is 2.54 bits per heavy atom. The van der Waals surface area contributed by atoms with Crippen LogP contribution in [0.4, 0.5) is 5.69 Å². The molecule has 0 atom stereocenters. The van der Waals surface area contributed by atoms with Crippen molar-refractivity contribution in [1.82, 2.24) is 0 Å². The Labute approximate surface area is 179 Å². The molecule has 0 unspecified atom stereocenters. The molecule has 0 aromatic heterocycles. The number of aryl methyl sites for hydroxylation is 1. The molecule has 0 spiro atoms. The summed E-state index contributed by atoms with van der Waals surface area (Å²) in [7, 11) is 1.63. The summed E-state index contributed by atoms with van der Waals surface area (Å²) >= 11 is 9.52. The normalized spacial score (nSPS) is 11.0. The summed E-state index contributed by atoms with van der Waals surface area (Å²) in [5.74, 6) is 1.30. The lowest BCUT2D eigenvalue weighted by Gasteiger charge is -2.13. The van der Waals surface area contributed by atoms with Crippen LogP contribution in [0.25, 0.3) is 0 Å². The number of hydrogen-bond donors (Lipinski definition) is 0. The minimum absolute atomic E-state index is 0.419. The van der Waals surface area contributed by atoms with Gasteiger partial charge in [-0.2, -0.15) is 0 Å². The van der Waals surface area contributed by atoms with E-state index in [1.807, 2.05) is 54.7 Å². The highest BCUT2D eigenvalue weighted by Gasteiger charge is 2.12. The van der Waals surface area contributed by atoms with Crippen LogP contribution in [0.1, 0.15) is 22.3 Å². The highest BCUT2D eigenvalue weighted by molar-refractivity contribution is 9.10. The minimum Gasteiger partial charge on any atom is -0.493 e. The fourth-order valence-electron chi connectivity index (χ4n) is 2.71. The zero-order chi connectivity index (χ0) is 20.1. The first-order valence-electron chi connectivity index (χ1n) is 8.83. The zero-order valence-corrected chi connectivity index (χ0v) is 18.3. The molecule has 144 valence electrons. The van der Waals surface area contributed by atoms with Crippen LogP contribution in [0, 0.1) is 13.8 Å². The second-order valence-electron chi connectivity index (χ2n) is 6.43. The van der Waals surface area contributed by atoms with E-state index >= 15 is 0 Å². The molecule has 0 heterocycles. The van der Waals surface area contributed by atoms with Crippen LogP contribution in [0.5, 0.6) is 11.5 Å². The van der Waals surface area contributed by atoms with E-state index < -0.39 is 0 Å². The maximum absolute atomic E-state index is 5.98. The number of hydrogen-bond acceptors (Lipinski definition) is 3. The summed E-state index contributed by atoms with van der Waals surface area (Å²) in [5, 5.41) is 0.704. The molecule has 0 N–H and O–H groups in total. The van der Waals surface area contributed by atoms with Gasteiger partial charge in [0.05, 0.1) is 17.3 Å². The molecule has 0 fully saturated rings. The summed E-state index contributed by atoms with van der Waals surface area (Å²) in [6, 6.07) is 17.6. The number of ether oxygens (including phenoxy) is 2. The maximum atomic E-state index is 5.98. The van der Waals surface area contributed by atoms with Crippen LogP contribution in [0.15, 0.2) is 64.1 Å². The van der Waals surface area contributed by atoms with E-state index in [1.54, 1.807) is 7.11 Å². The summed E-state index contributed by atoms with van der Waals surface area (Å²) in [6.45, 7) is 4.58. The van der Waals surface area contributed by atoms with Gasteiger partial charge in [-0.1, -0.05) is 35.9 Å². The summed E-state index contributed by atoms with van der Waals surface area (Å²) in [4.78, 5) is 4.63. The Bertz CT molecular complexity index is 1000. The molecule has 3 nitrogen and oxygen atoms in total. The molecule has 0 saturated carbocycles. The molecular weight excluding hydrogens is 438 g/mol. The van der Waals surface area contributed by atoms with Gasteiger partial charge in [0.15, 0.2) is 11.5 Å². The van der Waals surface area contributed by atoms with Crippen molar-refractivity contribution in [2.45, 2.75) is 20.5 Å². The molecule has 0 amide bonds. The molecule has 0 radical (unpaired) electrons. The monoisotopic (exact) mass is 457 g/mol. The zero-order valence-electron chi connectivity index (χ0n) is 16.0. The standard InChI is InChI=1S/C23H21BrClNO2/c1-15-5-4-6-21(16(15)2)26-13-18-11-20(24)23(22(12-18)27-3)28-14-17-7-9-19(25)10-8-17/h4-13H,14H2,1-3H3. The Kier molecular flexibility index (Phi) is 6.76.